The van der Waals surface area contributed by atoms with Gasteiger partial charge in [0.2, 0.25) is 0 Å². The van der Waals surface area contributed by atoms with E-state index in [0.717, 1.165) is 11.5 Å². The summed E-state index contributed by atoms with van der Waals surface area (Å²) in [6, 6.07) is 4.03. The van der Waals surface area contributed by atoms with E-state index in [-0.39, 0.29) is 16.2 Å². The van der Waals surface area contributed by atoms with Gasteiger partial charge in [0.25, 0.3) is 0 Å². The second-order valence-electron chi connectivity index (χ2n) is 3.82. The lowest BCUT2D eigenvalue weighted by Gasteiger charge is -2.07. The van der Waals surface area contributed by atoms with Crippen molar-refractivity contribution < 1.29 is 18.3 Å². The van der Waals surface area contributed by atoms with Gasteiger partial charge in [-0.05, 0) is 52.1 Å². The number of carboxylic acid groups (broad SMARTS) is 1. The van der Waals surface area contributed by atoms with Crippen molar-refractivity contribution in [3.05, 3.63) is 28.2 Å². The van der Waals surface area contributed by atoms with Crippen LogP contribution in [0, 0.1) is 0 Å². The van der Waals surface area contributed by atoms with Crippen LogP contribution in [0.5, 0.6) is 0 Å². The van der Waals surface area contributed by atoms with Crippen LogP contribution >= 0.6 is 27.7 Å². The zero-order chi connectivity index (χ0) is 14.5. The van der Waals surface area contributed by atoms with Crippen LogP contribution in [0.2, 0.25) is 0 Å². The summed E-state index contributed by atoms with van der Waals surface area (Å²) < 4.78 is 24.7. The standard InChI is InChI=1S/C12H15BrO4S2/c1-2-18-6-3-7-19(16,17)11-8-9(12(14)15)4-5-10(11)13/h4-5,8H,2-3,6-7H2,1H3,(H,14,15). The second kappa shape index (κ2) is 7.31. The van der Waals surface area contributed by atoms with Crippen LogP contribution in [0.3, 0.4) is 0 Å². The Labute approximate surface area is 125 Å². The van der Waals surface area contributed by atoms with Crippen LogP contribution in [-0.2, 0) is 9.84 Å². The molecule has 7 heteroatoms. The van der Waals surface area contributed by atoms with Gasteiger partial charge in [-0.15, -0.1) is 0 Å². The zero-order valence-corrected chi connectivity index (χ0v) is 13.6. The number of thioether (sulfide) groups is 1. The number of benzene rings is 1. The van der Waals surface area contributed by atoms with Gasteiger partial charge in [0.05, 0.1) is 16.2 Å². The molecule has 1 rings (SSSR count). The van der Waals surface area contributed by atoms with Crippen molar-refractivity contribution in [3.63, 3.8) is 0 Å². The first-order valence-electron chi connectivity index (χ1n) is 5.72. The Hall–Kier alpha value is -0.530. The van der Waals surface area contributed by atoms with Crippen LogP contribution in [0.1, 0.15) is 23.7 Å². The summed E-state index contributed by atoms with van der Waals surface area (Å²) >= 11 is 4.85. The Morgan fingerprint density at radius 1 is 1.42 bits per heavy atom. The largest absolute Gasteiger partial charge is 0.478 e. The normalized spacial score (nSPS) is 11.5. The third-order valence-corrected chi connectivity index (χ3v) is 6.19. The molecule has 0 radical (unpaired) electrons. The molecule has 0 saturated heterocycles. The van der Waals surface area contributed by atoms with E-state index in [4.69, 9.17) is 5.11 Å². The molecular weight excluding hydrogens is 352 g/mol. The van der Waals surface area contributed by atoms with Crippen molar-refractivity contribution in [2.45, 2.75) is 18.2 Å². The summed E-state index contributed by atoms with van der Waals surface area (Å²) in [6.07, 6.45) is 0.560. The molecule has 0 aliphatic rings. The van der Waals surface area contributed by atoms with Gasteiger partial charge in [-0.3, -0.25) is 0 Å². The molecule has 0 saturated carbocycles. The van der Waals surface area contributed by atoms with Gasteiger partial charge in [0, 0.05) is 4.47 Å². The molecular formula is C12H15BrO4S2. The van der Waals surface area contributed by atoms with Crippen molar-refractivity contribution in [1.29, 1.82) is 0 Å². The molecule has 0 amide bonds. The fourth-order valence-corrected chi connectivity index (χ4v) is 4.70. The maximum Gasteiger partial charge on any atom is 0.335 e. The highest BCUT2D eigenvalue weighted by atomic mass is 79.9. The van der Waals surface area contributed by atoms with E-state index in [0.29, 0.717) is 10.9 Å². The van der Waals surface area contributed by atoms with E-state index >= 15 is 0 Å². The molecule has 0 spiro atoms. The summed E-state index contributed by atoms with van der Waals surface area (Å²) in [7, 11) is -3.45. The predicted octanol–water partition coefficient (Wildman–Crippen LogP) is 3.06. The molecule has 0 aliphatic carbocycles. The third-order valence-electron chi connectivity index (χ3n) is 2.42. The first-order valence-corrected chi connectivity index (χ1v) is 9.32. The topological polar surface area (TPSA) is 71.4 Å². The molecule has 0 aromatic heterocycles. The smallest absolute Gasteiger partial charge is 0.335 e. The maximum absolute atomic E-state index is 12.2. The lowest BCUT2D eigenvalue weighted by Crippen LogP contribution is -2.10. The quantitative estimate of drug-likeness (QED) is 0.750. The third kappa shape index (κ3) is 4.81. The van der Waals surface area contributed by atoms with Crippen molar-refractivity contribution in [2.24, 2.45) is 0 Å². The van der Waals surface area contributed by atoms with Crippen LogP contribution in [0.4, 0.5) is 0 Å². The van der Waals surface area contributed by atoms with E-state index in [2.05, 4.69) is 15.9 Å². The van der Waals surface area contributed by atoms with E-state index < -0.39 is 15.8 Å². The minimum absolute atomic E-state index is 0.0234. The average Bonchev–Trinajstić information content (AvgIpc) is 2.34. The first kappa shape index (κ1) is 16.5. The number of carboxylic acids is 1. The fraction of sp³-hybridized carbons (Fsp3) is 0.417. The van der Waals surface area contributed by atoms with Crippen LogP contribution in [0.15, 0.2) is 27.6 Å². The Balaban J connectivity index is 2.94. The number of carbonyl (C=O) groups is 1. The lowest BCUT2D eigenvalue weighted by molar-refractivity contribution is 0.0696. The number of sulfone groups is 1. The average molecular weight is 367 g/mol. The van der Waals surface area contributed by atoms with Gasteiger partial charge in [0.15, 0.2) is 9.84 Å². The summed E-state index contributed by atoms with van der Waals surface area (Å²) in [6.45, 7) is 2.02. The number of hydrogen-bond acceptors (Lipinski definition) is 4. The predicted molar refractivity (Wildman–Crippen MR) is 80.8 cm³/mol. The molecule has 1 N–H and O–H groups in total. The molecule has 106 valence electrons. The van der Waals surface area contributed by atoms with Gasteiger partial charge < -0.3 is 5.11 Å². The van der Waals surface area contributed by atoms with Crippen molar-refractivity contribution >= 4 is 43.5 Å². The van der Waals surface area contributed by atoms with Gasteiger partial charge in [0.1, 0.15) is 0 Å². The summed E-state index contributed by atoms with van der Waals surface area (Å²) in [5.74, 6) is 0.636. The Morgan fingerprint density at radius 3 is 2.68 bits per heavy atom. The summed E-state index contributed by atoms with van der Waals surface area (Å²) in [5, 5.41) is 8.90. The molecule has 0 unspecified atom stereocenters. The van der Waals surface area contributed by atoms with Crippen LogP contribution in [-0.4, -0.2) is 36.8 Å². The second-order valence-corrected chi connectivity index (χ2v) is 8.15. The summed E-state index contributed by atoms with van der Waals surface area (Å²) in [4.78, 5) is 10.9. The lowest BCUT2D eigenvalue weighted by atomic mass is 10.2. The van der Waals surface area contributed by atoms with Crippen LogP contribution in [0.25, 0.3) is 0 Å². The number of hydrogen-bond donors (Lipinski definition) is 1. The van der Waals surface area contributed by atoms with E-state index in [1.165, 1.54) is 18.2 Å². The zero-order valence-electron chi connectivity index (χ0n) is 10.4. The Bertz CT molecular complexity index is 555. The van der Waals surface area contributed by atoms with Gasteiger partial charge in [-0.2, -0.15) is 11.8 Å². The van der Waals surface area contributed by atoms with Crippen LogP contribution < -0.4 is 0 Å². The first-order chi connectivity index (χ1) is 8.88. The molecule has 0 fully saturated rings. The Morgan fingerprint density at radius 2 is 2.11 bits per heavy atom. The summed E-state index contributed by atoms with van der Waals surface area (Å²) in [5.41, 5.74) is -0.0234. The molecule has 4 nitrogen and oxygen atoms in total. The van der Waals surface area contributed by atoms with Crippen molar-refractivity contribution in [3.8, 4) is 0 Å². The SMILES string of the molecule is CCSCCCS(=O)(=O)c1cc(C(=O)O)ccc1Br. The molecule has 0 bridgehead atoms. The molecule has 0 aliphatic heterocycles. The van der Waals surface area contributed by atoms with Gasteiger partial charge in [-0.25, -0.2) is 13.2 Å². The fourth-order valence-electron chi connectivity index (χ4n) is 1.48. The number of aromatic carboxylic acids is 1. The maximum atomic E-state index is 12.2. The molecule has 0 atom stereocenters. The molecule has 19 heavy (non-hydrogen) atoms. The van der Waals surface area contributed by atoms with Gasteiger partial charge in [-0.1, -0.05) is 6.92 Å². The highest BCUT2D eigenvalue weighted by Gasteiger charge is 2.19. The number of halogens is 1. The van der Waals surface area contributed by atoms with E-state index in [1.807, 2.05) is 6.92 Å². The van der Waals surface area contributed by atoms with E-state index in [1.54, 1.807) is 11.8 Å². The highest BCUT2D eigenvalue weighted by molar-refractivity contribution is 9.10. The molecule has 1 aromatic carbocycles. The monoisotopic (exact) mass is 366 g/mol. The Kier molecular flexibility index (Phi) is 6.35. The molecule has 0 heterocycles. The van der Waals surface area contributed by atoms with Crippen molar-refractivity contribution in [1.82, 2.24) is 0 Å². The van der Waals surface area contributed by atoms with Crippen molar-refractivity contribution in [2.75, 3.05) is 17.3 Å². The van der Waals surface area contributed by atoms with E-state index in [9.17, 15) is 13.2 Å². The number of rotatable bonds is 7. The minimum Gasteiger partial charge on any atom is -0.478 e. The highest BCUT2D eigenvalue weighted by Crippen LogP contribution is 2.25. The molecule has 1 aromatic rings. The van der Waals surface area contributed by atoms with Gasteiger partial charge >= 0.3 is 5.97 Å². The minimum atomic E-state index is -3.45.